The predicted molar refractivity (Wildman–Crippen MR) is 156 cm³/mol. The molecule has 230 valence electrons. The van der Waals surface area contributed by atoms with Gasteiger partial charge in [0, 0.05) is 37.5 Å². The summed E-state index contributed by atoms with van der Waals surface area (Å²) >= 11 is 0. The second-order valence-corrected chi connectivity index (χ2v) is 9.92. The average Bonchev–Trinajstić information content (AvgIpc) is 3.58. The summed E-state index contributed by atoms with van der Waals surface area (Å²) in [4.78, 5) is 40.4. The predicted octanol–water partition coefficient (Wildman–Crippen LogP) is 3.94. The van der Waals surface area contributed by atoms with Crippen LogP contribution >= 0.6 is 0 Å². The number of aromatic nitrogens is 3. The topological polar surface area (TPSA) is 132 Å². The highest BCUT2D eigenvalue weighted by Gasteiger charge is 2.37. The van der Waals surface area contributed by atoms with Crippen LogP contribution in [0.3, 0.4) is 0 Å². The van der Waals surface area contributed by atoms with Gasteiger partial charge in [0.25, 0.3) is 5.91 Å². The number of anilines is 1. The number of carbonyl (C=O) groups is 2. The summed E-state index contributed by atoms with van der Waals surface area (Å²) in [7, 11) is 2.89. The van der Waals surface area contributed by atoms with Gasteiger partial charge in [-0.1, -0.05) is 24.3 Å². The number of pyridine rings is 1. The molecule has 0 spiro atoms. The van der Waals surface area contributed by atoms with E-state index in [1.54, 1.807) is 35.9 Å². The van der Waals surface area contributed by atoms with Gasteiger partial charge < -0.3 is 10.1 Å². The molecular formula is C30H31F2N7O5. The summed E-state index contributed by atoms with van der Waals surface area (Å²) in [6, 6.07) is 14.8. The van der Waals surface area contributed by atoms with E-state index in [4.69, 9.17) is 14.7 Å². The van der Waals surface area contributed by atoms with Gasteiger partial charge >= 0.3 is 6.03 Å². The van der Waals surface area contributed by atoms with E-state index in [1.807, 2.05) is 30.3 Å². The fraction of sp³-hybridized carbons (Fsp3) is 0.267. The van der Waals surface area contributed by atoms with Gasteiger partial charge in [0.15, 0.2) is 11.6 Å². The highest BCUT2D eigenvalue weighted by Crippen LogP contribution is 2.32. The smallest absolute Gasteiger partial charge is 0.320 e. The number of urea groups is 1. The lowest BCUT2D eigenvalue weighted by Crippen LogP contribution is -2.42. The molecule has 1 fully saturated rings. The summed E-state index contributed by atoms with van der Waals surface area (Å²) in [5.74, 6) is -2.09. The van der Waals surface area contributed by atoms with Crippen LogP contribution in [-0.4, -0.2) is 71.7 Å². The molecule has 12 nitrogen and oxygen atoms in total. The fourth-order valence-corrected chi connectivity index (χ4v) is 4.83. The maximum Gasteiger partial charge on any atom is 0.320 e. The van der Waals surface area contributed by atoms with Crippen molar-refractivity contribution >= 4 is 17.8 Å². The number of para-hydroxylation sites is 1. The standard InChI is InChI=1S/C30H31F2N7O5/c1-18-26(20-10-12-24(33-16-20)29(40)37-43-3)36-39(21-7-5-4-6-8-21)28(18)35-30(41)34-25-17-38(13-14-42-2)44-27(25)19-9-11-22(31)23(32)15-19/h4-12,15-16,25,27H,13-14,17H2,1-3H3,(H,37,40)(H2,34,35,41)/t25-,27+/m1/s1. The summed E-state index contributed by atoms with van der Waals surface area (Å²) in [5, 5.41) is 12.2. The molecule has 0 aliphatic carbocycles. The Bertz CT molecular complexity index is 1620. The van der Waals surface area contributed by atoms with E-state index in [-0.39, 0.29) is 12.2 Å². The molecular weight excluding hydrogens is 576 g/mol. The number of amides is 3. The zero-order valence-corrected chi connectivity index (χ0v) is 24.2. The molecule has 0 bridgehead atoms. The minimum Gasteiger partial charge on any atom is -0.383 e. The van der Waals surface area contributed by atoms with Gasteiger partial charge in [0.1, 0.15) is 17.6 Å². The second kappa shape index (κ2) is 13.7. The van der Waals surface area contributed by atoms with Gasteiger partial charge in [-0.05, 0) is 48.9 Å². The number of hydrogen-bond donors (Lipinski definition) is 3. The fourth-order valence-electron chi connectivity index (χ4n) is 4.83. The van der Waals surface area contributed by atoms with E-state index in [0.717, 1.165) is 12.1 Å². The van der Waals surface area contributed by atoms with E-state index in [1.165, 1.54) is 19.4 Å². The number of hydrogen-bond acceptors (Lipinski definition) is 8. The average molecular weight is 608 g/mol. The molecule has 4 aromatic rings. The molecule has 44 heavy (non-hydrogen) atoms. The maximum atomic E-state index is 14.1. The van der Waals surface area contributed by atoms with Gasteiger partial charge in [-0.15, -0.1) is 0 Å². The van der Waals surface area contributed by atoms with Gasteiger partial charge in [0.2, 0.25) is 0 Å². The Morgan fingerprint density at radius 2 is 1.86 bits per heavy atom. The van der Waals surface area contributed by atoms with Crippen LogP contribution in [0.2, 0.25) is 0 Å². The van der Waals surface area contributed by atoms with Gasteiger partial charge in [-0.25, -0.2) is 23.7 Å². The number of nitrogens with one attached hydrogen (secondary N) is 3. The Morgan fingerprint density at radius 1 is 1.07 bits per heavy atom. The third-order valence-electron chi connectivity index (χ3n) is 6.98. The minimum atomic E-state index is -1.01. The lowest BCUT2D eigenvalue weighted by molar-refractivity contribution is -0.154. The van der Waals surface area contributed by atoms with Crippen LogP contribution in [0, 0.1) is 18.6 Å². The number of ether oxygens (including phenoxy) is 1. The molecule has 3 N–H and O–H groups in total. The zero-order chi connectivity index (χ0) is 31.2. The van der Waals surface area contributed by atoms with Crippen LogP contribution in [0.15, 0.2) is 66.9 Å². The van der Waals surface area contributed by atoms with Crippen molar-refractivity contribution in [2.45, 2.75) is 19.1 Å². The van der Waals surface area contributed by atoms with Crippen LogP contribution < -0.4 is 16.1 Å². The highest BCUT2D eigenvalue weighted by molar-refractivity contribution is 5.92. The molecule has 0 unspecified atom stereocenters. The normalized spacial score (nSPS) is 16.6. The number of nitrogens with zero attached hydrogens (tertiary/aromatic N) is 4. The third kappa shape index (κ3) is 6.73. The van der Waals surface area contributed by atoms with E-state index in [2.05, 4.69) is 25.9 Å². The monoisotopic (exact) mass is 607 g/mol. The molecule has 3 amide bonds. The Kier molecular flexibility index (Phi) is 9.55. The van der Waals surface area contributed by atoms with Crippen LogP contribution in [0.5, 0.6) is 0 Å². The van der Waals surface area contributed by atoms with Crippen LogP contribution in [0.4, 0.5) is 19.4 Å². The van der Waals surface area contributed by atoms with E-state index >= 15 is 0 Å². The minimum absolute atomic E-state index is 0.155. The highest BCUT2D eigenvalue weighted by atomic mass is 19.2. The van der Waals surface area contributed by atoms with E-state index < -0.39 is 35.7 Å². The number of carbonyl (C=O) groups excluding carboxylic acids is 2. The van der Waals surface area contributed by atoms with Crippen molar-refractivity contribution in [2.75, 3.05) is 39.2 Å². The maximum absolute atomic E-state index is 14.1. The van der Waals surface area contributed by atoms with Gasteiger partial charge in [-0.2, -0.15) is 10.2 Å². The van der Waals surface area contributed by atoms with Crippen LogP contribution in [-0.2, 0) is 14.4 Å². The first-order chi connectivity index (χ1) is 21.3. The number of rotatable bonds is 10. The van der Waals surface area contributed by atoms with E-state index in [9.17, 15) is 18.4 Å². The number of benzene rings is 2. The van der Waals surface area contributed by atoms with Crippen molar-refractivity contribution in [1.82, 2.24) is 30.6 Å². The van der Waals surface area contributed by atoms with Gasteiger partial charge in [0.05, 0.1) is 31.1 Å². The Hall–Kier alpha value is -4.76. The van der Waals surface area contributed by atoms with Crippen LogP contribution in [0.1, 0.15) is 27.7 Å². The second-order valence-electron chi connectivity index (χ2n) is 9.92. The van der Waals surface area contributed by atoms with Crippen molar-refractivity contribution in [2.24, 2.45) is 0 Å². The molecule has 1 aliphatic rings. The van der Waals surface area contributed by atoms with Crippen molar-refractivity contribution < 1.29 is 32.8 Å². The number of hydroxylamine groups is 3. The first kappa shape index (κ1) is 30.7. The molecule has 2 aromatic heterocycles. The lowest BCUT2D eigenvalue weighted by Gasteiger charge is -2.20. The summed E-state index contributed by atoms with van der Waals surface area (Å²) in [6.07, 6.45) is 0.735. The molecule has 2 aromatic carbocycles. The van der Waals surface area contributed by atoms with Crippen molar-refractivity contribution in [1.29, 1.82) is 0 Å². The largest absolute Gasteiger partial charge is 0.383 e. The zero-order valence-electron chi connectivity index (χ0n) is 24.2. The summed E-state index contributed by atoms with van der Waals surface area (Å²) in [6.45, 7) is 2.85. The lowest BCUT2D eigenvalue weighted by atomic mass is 10.0. The van der Waals surface area contributed by atoms with Crippen molar-refractivity contribution in [3.63, 3.8) is 0 Å². The summed E-state index contributed by atoms with van der Waals surface area (Å²) in [5.41, 5.74) is 5.23. The summed E-state index contributed by atoms with van der Waals surface area (Å²) < 4.78 is 34.5. The van der Waals surface area contributed by atoms with Crippen molar-refractivity contribution in [3.05, 3.63) is 95.3 Å². The van der Waals surface area contributed by atoms with E-state index in [0.29, 0.717) is 47.0 Å². The Morgan fingerprint density at radius 3 is 2.55 bits per heavy atom. The number of halogens is 2. The quantitative estimate of drug-likeness (QED) is 0.231. The molecule has 5 rings (SSSR count). The first-order valence-electron chi connectivity index (χ1n) is 13.7. The molecule has 0 saturated carbocycles. The SMILES string of the molecule is COCCN1C[C@@H](NC(=O)Nc2c(C)c(-c3ccc(C(=O)NOC)nc3)nn2-c2ccccc2)[C@H](c2ccc(F)c(F)c2)O1. The van der Waals surface area contributed by atoms with Crippen molar-refractivity contribution in [3.8, 4) is 16.9 Å². The molecule has 0 radical (unpaired) electrons. The van der Waals surface area contributed by atoms with Crippen LogP contribution in [0.25, 0.3) is 16.9 Å². The molecule has 2 atom stereocenters. The third-order valence-corrected chi connectivity index (χ3v) is 6.98. The molecule has 1 aliphatic heterocycles. The Balaban J connectivity index is 1.42. The molecule has 3 heterocycles. The number of methoxy groups -OCH3 is 1. The molecule has 1 saturated heterocycles. The van der Waals surface area contributed by atoms with Gasteiger partial charge in [-0.3, -0.25) is 24.8 Å². The molecule has 14 heteroatoms. The Labute approximate surface area is 251 Å². The first-order valence-corrected chi connectivity index (χ1v) is 13.7.